The molecule has 16 heavy (non-hydrogen) atoms. The van der Waals surface area contributed by atoms with Gasteiger partial charge in [0.05, 0.1) is 0 Å². The van der Waals surface area contributed by atoms with Gasteiger partial charge in [-0.05, 0) is 31.0 Å². The van der Waals surface area contributed by atoms with Crippen molar-refractivity contribution in [1.82, 2.24) is 10.6 Å². The van der Waals surface area contributed by atoms with Gasteiger partial charge in [-0.2, -0.15) is 0 Å². The lowest BCUT2D eigenvalue weighted by atomic mass is 10.1. The molecule has 0 bridgehead atoms. The van der Waals surface area contributed by atoms with Gasteiger partial charge in [-0.3, -0.25) is 0 Å². The van der Waals surface area contributed by atoms with E-state index in [1.165, 1.54) is 12.1 Å². The fraction of sp³-hybridized carbons (Fsp3) is 0.250. The van der Waals surface area contributed by atoms with Crippen LogP contribution in [0.3, 0.4) is 0 Å². The molecule has 0 spiro atoms. The molecule has 86 valence electrons. The van der Waals surface area contributed by atoms with E-state index in [4.69, 9.17) is 0 Å². The largest absolute Gasteiger partial charge is 0.338 e. The van der Waals surface area contributed by atoms with E-state index >= 15 is 0 Å². The van der Waals surface area contributed by atoms with Crippen molar-refractivity contribution in [2.24, 2.45) is 0 Å². The zero-order valence-electron chi connectivity index (χ0n) is 9.22. The fourth-order valence-electron chi connectivity index (χ4n) is 1.25. The Balaban J connectivity index is 2.30. The van der Waals surface area contributed by atoms with Gasteiger partial charge in [0, 0.05) is 12.2 Å². The van der Waals surface area contributed by atoms with Crippen LogP contribution in [0.1, 0.15) is 12.5 Å². The molecular weight excluding hydrogens is 207 g/mol. The van der Waals surface area contributed by atoms with Gasteiger partial charge in [-0.25, -0.2) is 9.18 Å². The first-order valence-electron chi connectivity index (χ1n) is 5.03. The minimum absolute atomic E-state index is 0.260. The van der Waals surface area contributed by atoms with Crippen molar-refractivity contribution >= 4 is 6.03 Å². The molecule has 1 rings (SSSR count). The van der Waals surface area contributed by atoms with Crippen LogP contribution in [-0.2, 0) is 6.42 Å². The van der Waals surface area contributed by atoms with E-state index < -0.39 is 0 Å². The molecule has 1 aromatic carbocycles. The molecule has 2 amide bonds. The highest BCUT2D eigenvalue weighted by atomic mass is 19.1. The summed E-state index contributed by atoms with van der Waals surface area (Å²) in [5.41, 5.74) is 1.44. The highest BCUT2D eigenvalue weighted by Gasteiger charge is 1.99. The molecule has 1 aromatic rings. The number of benzene rings is 1. The summed E-state index contributed by atoms with van der Waals surface area (Å²) in [6.07, 6.45) is 0.599. The SMILES string of the molecule is C=C(C)NC(=O)NCCc1cccc(F)c1. The number of hydrogen-bond acceptors (Lipinski definition) is 1. The summed E-state index contributed by atoms with van der Waals surface area (Å²) in [6, 6.07) is 6.03. The Bertz CT molecular complexity index is 390. The van der Waals surface area contributed by atoms with Gasteiger partial charge in [0.1, 0.15) is 5.82 Å². The number of allylic oxidation sites excluding steroid dienone is 1. The molecule has 0 saturated carbocycles. The third kappa shape index (κ3) is 4.59. The smallest absolute Gasteiger partial charge is 0.318 e. The number of rotatable bonds is 4. The van der Waals surface area contributed by atoms with Crippen LogP contribution in [0.25, 0.3) is 0 Å². The maximum absolute atomic E-state index is 12.8. The van der Waals surface area contributed by atoms with Crippen LogP contribution >= 0.6 is 0 Å². The number of carbonyl (C=O) groups excluding carboxylic acids is 1. The molecule has 0 unspecified atom stereocenters. The molecule has 0 aliphatic carbocycles. The van der Waals surface area contributed by atoms with Crippen LogP contribution < -0.4 is 10.6 Å². The molecule has 0 aliphatic heterocycles. The normalized spacial score (nSPS) is 9.62. The summed E-state index contributed by atoms with van der Waals surface area (Å²) >= 11 is 0. The first-order chi connectivity index (χ1) is 7.58. The molecule has 0 saturated heterocycles. The Kier molecular flexibility index (Phi) is 4.51. The number of halogens is 1. The number of hydrogen-bond donors (Lipinski definition) is 2. The van der Waals surface area contributed by atoms with Crippen LogP contribution in [0.2, 0.25) is 0 Å². The topological polar surface area (TPSA) is 41.1 Å². The lowest BCUT2D eigenvalue weighted by Crippen LogP contribution is -2.35. The molecule has 0 radical (unpaired) electrons. The van der Waals surface area contributed by atoms with Crippen molar-refractivity contribution in [1.29, 1.82) is 0 Å². The van der Waals surface area contributed by atoms with Gasteiger partial charge in [0.25, 0.3) is 0 Å². The Morgan fingerprint density at radius 1 is 1.50 bits per heavy atom. The quantitative estimate of drug-likeness (QED) is 0.805. The van der Waals surface area contributed by atoms with Gasteiger partial charge in [-0.15, -0.1) is 0 Å². The second kappa shape index (κ2) is 5.90. The lowest BCUT2D eigenvalue weighted by Gasteiger charge is -2.06. The molecule has 0 aromatic heterocycles. The summed E-state index contributed by atoms with van der Waals surface area (Å²) < 4.78 is 12.8. The predicted molar refractivity (Wildman–Crippen MR) is 61.5 cm³/mol. The molecule has 4 heteroatoms. The summed E-state index contributed by atoms with van der Waals surface area (Å²) in [5, 5.41) is 5.17. The Morgan fingerprint density at radius 3 is 2.88 bits per heavy atom. The van der Waals surface area contributed by atoms with Crippen LogP contribution in [0.4, 0.5) is 9.18 Å². The van der Waals surface area contributed by atoms with E-state index in [9.17, 15) is 9.18 Å². The van der Waals surface area contributed by atoms with Crippen molar-refractivity contribution in [3.63, 3.8) is 0 Å². The summed E-state index contributed by atoms with van der Waals surface area (Å²) in [4.78, 5) is 11.2. The minimum Gasteiger partial charge on any atom is -0.338 e. The average Bonchev–Trinajstić information content (AvgIpc) is 2.16. The highest BCUT2D eigenvalue weighted by molar-refractivity contribution is 5.75. The molecule has 0 fully saturated rings. The van der Waals surface area contributed by atoms with Gasteiger partial charge in [0.15, 0.2) is 0 Å². The highest BCUT2D eigenvalue weighted by Crippen LogP contribution is 2.03. The molecule has 3 nitrogen and oxygen atoms in total. The monoisotopic (exact) mass is 222 g/mol. The number of carbonyl (C=O) groups is 1. The summed E-state index contributed by atoms with van der Waals surface area (Å²) in [7, 11) is 0. The van der Waals surface area contributed by atoms with Crippen LogP contribution in [-0.4, -0.2) is 12.6 Å². The van der Waals surface area contributed by atoms with Gasteiger partial charge in [-0.1, -0.05) is 18.7 Å². The van der Waals surface area contributed by atoms with Gasteiger partial charge in [0.2, 0.25) is 0 Å². The first-order valence-corrected chi connectivity index (χ1v) is 5.03. The maximum atomic E-state index is 12.8. The van der Waals surface area contributed by atoms with E-state index in [0.717, 1.165) is 5.56 Å². The number of amides is 2. The van der Waals surface area contributed by atoms with Crippen molar-refractivity contribution < 1.29 is 9.18 Å². The van der Waals surface area contributed by atoms with Gasteiger partial charge >= 0.3 is 6.03 Å². The molecular formula is C12H15FN2O. The molecule has 2 N–H and O–H groups in total. The van der Waals surface area contributed by atoms with Crippen molar-refractivity contribution in [3.05, 3.63) is 47.9 Å². The lowest BCUT2D eigenvalue weighted by molar-refractivity contribution is 0.243. The number of nitrogens with one attached hydrogen (secondary N) is 2. The van der Waals surface area contributed by atoms with E-state index in [1.807, 2.05) is 6.07 Å². The van der Waals surface area contributed by atoms with Crippen LogP contribution in [0.5, 0.6) is 0 Å². The number of urea groups is 1. The predicted octanol–water partition coefficient (Wildman–Crippen LogP) is 2.20. The zero-order chi connectivity index (χ0) is 12.0. The second-order valence-electron chi connectivity index (χ2n) is 3.54. The van der Waals surface area contributed by atoms with Crippen LogP contribution in [0.15, 0.2) is 36.5 Å². The Hall–Kier alpha value is -1.84. The maximum Gasteiger partial charge on any atom is 0.318 e. The third-order valence-electron chi connectivity index (χ3n) is 1.92. The average molecular weight is 222 g/mol. The van der Waals surface area contributed by atoms with E-state index in [-0.39, 0.29) is 11.8 Å². The minimum atomic E-state index is -0.288. The fourth-order valence-corrected chi connectivity index (χ4v) is 1.25. The Morgan fingerprint density at radius 2 is 2.25 bits per heavy atom. The van der Waals surface area contributed by atoms with Crippen molar-refractivity contribution in [2.75, 3.05) is 6.54 Å². The Labute approximate surface area is 94.4 Å². The van der Waals surface area contributed by atoms with Gasteiger partial charge < -0.3 is 10.6 Å². The third-order valence-corrected chi connectivity index (χ3v) is 1.92. The second-order valence-corrected chi connectivity index (χ2v) is 3.54. The molecule has 0 heterocycles. The molecule has 0 aliphatic rings. The van der Waals surface area contributed by atoms with E-state index in [0.29, 0.717) is 18.7 Å². The van der Waals surface area contributed by atoms with E-state index in [1.54, 1.807) is 13.0 Å². The zero-order valence-corrected chi connectivity index (χ0v) is 9.22. The first kappa shape index (κ1) is 12.2. The summed E-state index contributed by atoms with van der Waals surface area (Å²) in [6.45, 7) is 5.71. The summed E-state index contributed by atoms with van der Waals surface area (Å²) in [5.74, 6) is -0.260. The molecule has 0 atom stereocenters. The van der Waals surface area contributed by atoms with Crippen LogP contribution in [0, 0.1) is 5.82 Å². The van der Waals surface area contributed by atoms with Crippen molar-refractivity contribution in [2.45, 2.75) is 13.3 Å². The van der Waals surface area contributed by atoms with Crippen molar-refractivity contribution in [3.8, 4) is 0 Å². The standard InChI is InChI=1S/C12H15FN2O/c1-9(2)15-12(16)14-7-6-10-4-3-5-11(13)8-10/h3-5,8H,1,6-7H2,2H3,(H2,14,15,16). The van der Waals surface area contributed by atoms with E-state index in [2.05, 4.69) is 17.2 Å².